The van der Waals surface area contributed by atoms with E-state index in [4.69, 9.17) is 0 Å². The SMILES string of the molecule is CCc1ccc(NC(=O)Cc2csc(-n3cccc3)n2)cc1. The van der Waals surface area contributed by atoms with Crippen molar-refractivity contribution in [1.29, 1.82) is 0 Å². The van der Waals surface area contributed by atoms with Crippen LogP contribution in [0.15, 0.2) is 54.2 Å². The van der Waals surface area contributed by atoms with E-state index in [-0.39, 0.29) is 12.3 Å². The van der Waals surface area contributed by atoms with Crippen molar-refractivity contribution in [3.63, 3.8) is 0 Å². The van der Waals surface area contributed by atoms with Gasteiger partial charge in [0.2, 0.25) is 5.91 Å². The molecule has 0 aliphatic carbocycles. The smallest absolute Gasteiger partial charge is 0.230 e. The molecule has 0 saturated heterocycles. The van der Waals surface area contributed by atoms with Crippen molar-refractivity contribution >= 4 is 22.9 Å². The van der Waals surface area contributed by atoms with E-state index in [1.807, 2.05) is 58.7 Å². The highest BCUT2D eigenvalue weighted by Crippen LogP contribution is 2.16. The third kappa shape index (κ3) is 3.43. The van der Waals surface area contributed by atoms with Gasteiger partial charge in [-0.2, -0.15) is 0 Å². The molecule has 0 saturated carbocycles. The van der Waals surface area contributed by atoms with Crippen molar-refractivity contribution in [2.75, 3.05) is 5.32 Å². The highest BCUT2D eigenvalue weighted by molar-refractivity contribution is 7.12. The Kier molecular flexibility index (Phi) is 4.34. The summed E-state index contributed by atoms with van der Waals surface area (Å²) in [6.45, 7) is 2.11. The Bertz CT molecular complexity index is 745. The molecule has 1 aromatic carbocycles. The summed E-state index contributed by atoms with van der Waals surface area (Å²) in [7, 11) is 0. The van der Waals surface area contributed by atoms with Gasteiger partial charge in [0.05, 0.1) is 12.1 Å². The molecule has 0 radical (unpaired) electrons. The van der Waals surface area contributed by atoms with Crippen molar-refractivity contribution in [2.45, 2.75) is 19.8 Å². The molecule has 1 amide bonds. The molecule has 0 spiro atoms. The molecule has 3 rings (SSSR count). The molecule has 0 unspecified atom stereocenters. The summed E-state index contributed by atoms with van der Waals surface area (Å²) in [6, 6.07) is 11.8. The number of thiazole rings is 1. The number of aromatic nitrogens is 2. The molecule has 1 N–H and O–H groups in total. The number of benzene rings is 1. The van der Waals surface area contributed by atoms with E-state index in [0.717, 1.165) is 22.9 Å². The number of nitrogens with one attached hydrogen (secondary N) is 1. The Morgan fingerprint density at radius 1 is 1.23 bits per heavy atom. The number of aryl methyl sites for hydroxylation is 1. The van der Waals surface area contributed by atoms with Crippen LogP contribution >= 0.6 is 11.3 Å². The first-order chi connectivity index (χ1) is 10.7. The van der Waals surface area contributed by atoms with Crippen molar-refractivity contribution < 1.29 is 4.79 Å². The van der Waals surface area contributed by atoms with Gasteiger partial charge in [0, 0.05) is 23.5 Å². The van der Waals surface area contributed by atoms with Crippen LogP contribution in [0.1, 0.15) is 18.2 Å². The molecule has 5 heteroatoms. The highest BCUT2D eigenvalue weighted by atomic mass is 32.1. The lowest BCUT2D eigenvalue weighted by molar-refractivity contribution is -0.115. The summed E-state index contributed by atoms with van der Waals surface area (Å²) in [5.41, 5.74) is 2.87. The summed E-state index contributed by atoms with van der Waals surface area (Å²) >= 11 is 1.53. The summed E-state index contributed by atoms with van der Waals surface area (Å²) < 4.78 is 1.94. The fraction of sp³-hybridized carbons (Fsp3) is 0.176. The number of anilines is 1. The normalized spacial score (nSPS) is 10.6. The third-order valence-electron chi connectivity index (χ3n) is 3.35. The van der Waals surface area contributed by atoms with Crippen LogP contribution in [0.5, 0.6) is 0 Å². The monoisotopic (exact) mass is 311 g/mol. The first-order valence-corrected chi connectivity index (χ1v) is 8.09. The van der Waals surface area contributed by atoms with E-state index in [0.29, 0.717) is 0 Å². The predicted molar refractivity (Wildman–Crippen MR) is 89.6 cm³/mol. The van der Waals surface area contributed by atoms with Gasteiger partial charge in [0.25, 0.3) is 0 Å². The quantitative estimate of drug-likeness (QED) is 0.781. The summed E-state index contributed by atoms with van der Waals surface area (Å²) in [5, 5.41) is 5.71. The lowest BCUT2D eigenvalue weighted by atomic mass is 10.1. The molecule has 22 heavy (non-hydrogen) atoms. The molecule has 0 aliphatic heterocycles. The topological polar surface area (TPSA) is 46.9 Å². The number of carbonyl (C=O) groups is 1. The van der Waals surface area contributed by atoms with Crippen molar-refractivity contribution in [3.05, 3.63) is 65.4 Å². The predicted octanol–water partition coefficient (Wildman–Crippen LogP) is 3.68. The standard InChI is InChI=1S/C17H17N3OS/c1-2-13-5-7-14(8-6-13)18-16(21)11-15-12-22-17(19-15)20-9-3-4-10-20/h3-10,12H,2,11H2,1H3,(H,18,21). The zero-order chi connectivity index (χ0) is 15.4. The summed E-state index contributed by atoms with van der Waals surface area (Å²) in [4.78, 5) is 16.6. The minimum Gasteiger partial charge on any atom is -0.326 e. The fourth-order valence-corrected chi connectivity index (χ4v) is 2.94. The van der Waals surface area contributed by atoms with Gasteiger partial charge in [-0.15, -0.1) is 11.3 Å². The maximum absolute atomic E-state index is 12.1. The van der Waals surface area contributed by atoms with E-state index < -0.39 is 0 Å². The Balaban J connectivity index is 1.61. The van der Waals surface area contributed by atoms with Crippen LogP contribution in [0, 0.1) is 0 Å². The molecule has 112 valence electrons. The molecule has 3 aromatic rings. The number of rotatable bonds is 5. The number of amides is 1. The maximum atomic E-state index is 12.1. The van der Waals surface area contributed by atoms with Gasteiger partial charge < -0.3 is 9.88 Å². The molecule has 2 aromatic heterocycles. The second-order valence-electron chi connectivity index (χ2n) is 4.99. The Morgan fingerprint density at radius 2 is 1.95 bits per heavy atom. The van der Waals surface area contributed by atoms with Gasteiger partial charge in [-0.05, 0) is 36.2 Å². The fourth-order valence-electron chi connectivity index (χ4n) is 2.15. The average molecular weight is 311 g/mol. The highest BCUT2D eigenvalue weighted by Gasteiger charge is 2.09. The molecule has 0 fully saturated rings. The first-order valence-electron chi connectivity index (χ1n) is 7.21. The van der Waals surface area contributed by atoms with Crippen LogP contribution in [0.3, 0.4) is 0 Å². The molecule has 4 nitrogen and oxygen atoms in total. The van der Waals surface area contributed by atoms with Gasteiger partial charge in [-0.1, -0.05) is 19.1 Å². The van der Waals surface area contributed by atoms with E-state index in [2.05, 4.69) is 17.2 Å². The molecular weight excluding hydrogens is 294 g/mol. The van der Waals surface area contributed by atoms with Crippen LogP contribution in [0.2, 0.25) is 0 Å². The first kappa shape index (κ1) is 14.5. The van der Waals surface area contributed by atoms with Crippen LogP contribution < -0.4 is 5.32 Å². The molecule has 2 heterocycles. The average Bonchev–Trinajstić information content (AvgIpc) is 3.19. The second-order valence-corrected chi connectivity index (χ2v) is 5.82. The summed E-state index contributed by atoms with van der Waals surface area (Å²) in [6.07, 6.45) is 5.17. The maximum Gasteiger partial charge on any atom is 0.230 e. The zero-order valence-corrected chi connectivity index (χ0v) is 13.1. The molecular formula is C17H17N3OS. The van der Waals surface area contributed by atoms with E-state index >= 15 is 0 Å². The van der Waals surface area contributed by atoms with Crippen LogP contribution in [0.25, 0.3) is 5.13 Å². The Hall–Kier alpha value is -2.40. The number of hydrogen-bond donors (Lipinski definition) is 1. The minimum atomic E-state index is -0.0476. The summed E-state index contributed by atoms with van der Waals surface area (Å²) in [5.74, 6) is -0.0476. The van der Waals surface area contributed by atoms with E-state index in [1.54, 1.807) is 0 Å². The third-order valence-corrected chi connectivity index (χ3v) is 4.26. The molecule has 0 aliphatic rings. The van der Waals surface area contributed by atoms with Gasteiger partial charge in [-0.25, -0.2) is 4.98 Å². The number of hydrogen-bond acceptors (Lipinski definition) is 3. The van der Waals surface area contributed by atoms with Crippen LogP contribution in [0.4, 0.5) is 5.69 Å². The van der Waals surface area contributed by atoms with E-state index in [1.165, 1.54) is 16.9 Å². The van der Waals surface area contributed by atoms with Gasteiger partial charge in [0.15, 0.2) is 5.13 Å². The van der Waals surface area contributed by atoms with Gasteiger partial charge in [-0.3, -0.25) is 4.79 Å². The van der Waals surface area contributed by atoms with Crippen LogP contribution in [-0.2, 0) is 17.6 Å². The van der Waals surface area contributed by atoms with E-state index in [9.17, 15) is 4.79 Å². The Labute approximate surface area is 133 Å². The Morgan fingerprint density at radius 3 is 2.64 bits per heavy atom. The van der Waals surface area contributed by atoms with Gasteiger partial charge >= 0.3 is 0 Å². The molecule has 0 bridgehead atoms. The van der Waals surface area contributed by atoms with Crippen LogP contribution in [-0.4, -0.2) is 15.5 Å². The van der Waals surface area contributed by atoms with Crippen molar-refractivity contribution in [3.8, 4) is 5.13 Å². The largest absolute Gasteiger partial charge is 0.326 e. The zero-order valence-electron chi connectivity index (χ0n) is 12.3. The van der Waals surface area contributed by atoms with Crippen molar-refractivity contribution in [1.82, 2.24) is 9.55 Å². The lowest BCUT2D eigenvalue weighted by Crippen LogP contribution is -2.14. The molecule has 0 atom stereocenters. The van der Waals surface area contributed by atoms with Gasteiger partial charge in [0.1, 0.15) is 0 Å². The lowest BCUT2D eigenvalue weighted by Gasteiger charge is -2.05. The number of carbonyl (C=O) groups excluding carboxylic acids is 1. The minimum absolute atomic E-state index is 0.0476. The van der Waals surface area contributed by atoms with Crippen molar-refractivity contribution in [2.24, 2.45) is 0 Å². The second kappa shape index (κ2) is 6.58. The number of nitrogens with zero attached hydrogens (tertiary/aromatic N) is 2.